The van der Waals surface area contributed by atoms with Gasteiger partial charge in [0.1, 0.15) is 0 Å². The molecule has 1 saturated heterocycles. The number of thioether (sulfide) groups is 1. The highest BCUT2D eigenvalue weighted by molar-refractivity contribution is 8.01. The zero-order chi connectivity index (χ0) is 11.8. The summed E-state index contributed by atoms with van der Waals surface area (Å²) < 4.78 is 26.0. The number of rotatable bonds is 2. The molecule has 0 saturated carbocycles. The van der Waals surface area contributed by atoms with Crippen molar-refractivity contribution in [3.05, 3.63) is 29.3 Å². The highest BCUT2D eigenvalue weighted by Gasteiger charge is 2.33. The minimum atomic E-state index is -3.38. The molecule has 0 aliphatic carbocycles. The van der Waals surface area contributed by atoms with Gasteiger partial charge in [0.05, 0.1) is 10.3 Å². The maximum Gasteiger partial charge on any atom is 0.244 e. The average molecular weight is 278 g/mol. The van der Waals surface area contributed by atoms with Crippen LogP contribution < -0.4 is 0 Å². The number of benzene rings is 1. The topological polar surface area (TPSA) is 37.4 Å². The molecule has 1 aromatic rings. The van der Waals surface area contributed by atoms with Gasteiger partial charge in [-0.1, -0.05) is 17.7 Å². The van der Waals surface area contributed by atoms with E-state index in [9.17, 15) is 8.42 Å². The Morgan fingerprint density at radius 1 is 1.50 bits per heavy atom. The van der Waals surface area contributed by atoms with Crippen molar-refractivity contribution < 1.29 is 8.42 Å². The highest BCUT2D eigenvalue weighted by atomic mass is 35.5. The Kier molecular flexibility index (Phi) is 3.49. The lowest BCUT2D eigenvalue weighted by Crippen LogP contribution is -2.33. The second-order valence-corrected chi connectivity index (χ2v) is 7.29. The minimum absolute atomic E-state index is 0.00369. The predicted molar refractivity (Wildman–Crippen MR) is 67.3 cm³/mol. The van der Waals surface area contributed by atoms with Crippen LogP contribution in [0.5, 0.6) is 0 Å². The fourth-order valence-electron chi connectivity index (χ4n) is 1.66. The Morgan fingerprint density at radius 3 is 2.81 bits per heavy atom. The first-order valence-corrected chi connectivity index (χ1v) is 7.77. The Balaban J connectivity index is 2.39. The van der Waals surface area contributed by atoms with Crippen molar-refractivity contribution >= 4 is 33.4 Å². The van der Waals surface area contributed by atoms with Crippen LogP contribution in [0, 0.1) is 0 Å². The van der Waals surface area contributed by atoms with Crippen molar-refractivity contribution in [3.63, 3.8) is 0 Å². The molecule has 0 amide bonds. The molecule has 0 spiro atoms. The Bertz CT molecular complexity index is 489. The fourth-order valence-corrected chi connectivity index (χ4v) is 4.98. The van der Waals surface area contributed by atoms with Gasteiger partial charge >= 0.3 is 0 Å². The number of halogens is 1. The van der Waals surface area contributed by atoms with E-state index in [0.29, 0.717) is 11.6 Å². The second-order valence-electron chi connectivity index (χ2n) is 3.54. The number of hydrogen-bond acceptors (Lipinski definition) is 3. The summed E-state index contributed by atoms with van der Waals surface area (Å²) >= 11 is 7.45. The molecule has 3 nitrogen and oxygen atoms in total. The van der Waals surface area contributed by atoms with E-state index in [2.05, 4.69) is 0 Å². The smallest absolute Gasteiger partial charge is 0.207 e. The van der Waals surface area contributed by atoms with Crippen LogP contribution in [-0.2, 0) is 10.0 Å². The van der Waals surface area contributed by atoms with Crippen LogP contribution >= 0.6 is 23.4 Å². The van der Waals surface area contributed by atoms with Crippen LogP contribution in [0.1, 0.15) is 6.92 Å². The molecule has 6 heteroatoms. The van der Waals surface area contributed by atoms with Gasteiger partial charge in [0, 0.05) is 17.3 Å². The predicted octanol–water partition coefficient (Wildman–Crippen LogP) is 2.42. The summed E-state index contributed by atoms with van der Waals surface area (Å²) in [4.78, 5) is 0.273. The summed E-state index contributed by atoms with van der Waals surface area (Å²) in [6, 6.07) is 6.40. The SMILES string of the molecule is CC1SCCN1S(=O)(=O)c1cccc(Cl)c1. The molecule has 88 valence electrons. The van der Waals surface area contributed by atoms with Crippen molar-refractivity contribution in [3.8, 4) is 0 Å². The van der Waals surface area contributed by atoms with Crippen LogP contribution in [0.3, 0.4) is 0 Å². The zero-order valence-corrected chi connectivity index (χ0v) is 11.1. The minimum Gasteiger partial charge on any atom is -0.207 e. The molecule has 2 rings (SSSR count). The fraction of sp³-hybridized carbons (Fsp3) is 0.400. The first-order valence-electron chi connectivity index (χ1n) is 4.91. The van der Waals surface area contributed by atoms with Crippen LogP contribution in [0.25, 0.3) is 0 Å². The monoisotopic (exact) mass is 277 g/mol. The first-order chi connectivity index (χ1) is 7.51. The number of hydrogen-bond donors (Lipinski definition) is 0. The van der Waals surface area contributed by atoms with Crippen LogP contribution in [-0.4, -0.2) is 30.4 Å². The molecule has 0 bridgehead atoms. The third-order valence-corrected chi connectivity index (χ3v) is 5.97. The lowest BCUT2D eigenvalue weighted by Gasteiger charge is -2.19. The molecule has 1 unspecified atom stereocenters. The van der Waals surface area contributed by atoms with Gasteiger partial charge in [0.25, 0.3) is 0 Å². The van der Waals surface area contributed by atoms with Gasteiger partial charge in [0.15, 0.2) is 0 Å². The van der Waals surface area contributed by atoms with Gasteiger partial charge in [0.2, 0.25) is 10.0 Å². The zero-order valence-electron chi connectivity index (χ0n) is 8.76. The molecule has 0 radical (unpaired) electrons. The maximum atomic E-state index is 12.3. The van der Waals surface area contributed by atoms with E-state index >= 15 is 0 Å². The lowest BCUT2D eigenvalue weighted by atomic mass is 10.4. The molecular formula is C10H12ClNO2S2. The summed E-state index contributed by atoms with van der Waals surface area (Å²) in [6.07, 6.45) is 0. The van der Waals surface area contributed by atoms with E-state index in [4.69, 9.17) is 11.6 Å². The number of sulfonamides is 1. The molecule has 0 N–H and O–H groups in total. The quantitative estimate of drug-likeness (QED) is 0.833. The van der Waals surface area contributed by atoms with Gasteiger partial charge in [-0.25, -0.2) is 8.42 Å². The van der Waals surface area contributed by atoms with E-state index in [-0.39, 0.29) is 10.3 Å². The van der Waals surface area contributed by atoms with Gasteiger partial charge in [-0.05, 0) is 25.1 Å². The largest absolute Gasteiger partial charge is 0.244 e. The van der Waals surface area contributed by atoms with Crippen molar-refractivity contribution in [1.82, 2.24) is 4.31 Å². The maximum absolute atomic E-state index is 12.3. The normalized spacial score (nSPS) is 22.5. The molecule has 1 fully saturated rings. The van der Waals surface area contributed by atoms with E-state index in [0.717, 1.165) is 5.75 Å². The van der Waals surface area contributed by atoms with E-state index in [1.807, 2.05) is 6.92 Å². The van der Waals surface area contributed by atoms with Gasteiger partial charge in [-0.3, -0.25) is 0 Å². The third kappa shape index (κ3) is 2.22. The van der Waals surface area contributed by atoms with Crippen LogP contribution in [0.4, 0.5) is 0 Å². The van der Waals surface area contributed by atoms with Crippen molar-refractivity contribution in [2.45, 2.75) is 17.2 Å². The van der Waals surface area contributed by atoms with Gasteiger partial charge < -0.3 is 0 Å². The summed E-state index contributed by atoms with van der Waals surface area (Å²) in [5.41, 5.74) is 0. The van der Waals surface area contributed by atoms with Gasteiger partial charge in [-0.15, -0.1) is 11.8 Å². The summed E-state index contributed by atoms with van der Waals surface area (Å²) in [5, 5.41) is 0.449. The Labute approximate surface area is 105 Å². The van der Waals surface area contributed by atoms with Crippen LogP contribution in [0.15, 0.2) is 29.2 Å². The summed E-state index contributed by atoms with van der Waals surface area (Å²) in [7, 11) is -3.38. The Hall–Kier alpha value is -0.230. The molecule has 1 heterocycles. The first kappa shape index (κ1) is 12.2. The van der Waals surface area contributed by atoms with Crippen LogP contribution in [0.2, 0.25) is 5.02 Å². The molecule has 1 aliphatic rings. The average Bonchev–Trinajstić information content (AvgIpc) is 2.65. The summed E-state index contributed by atoms with van der Waals surface area (Å²) in [6.45, 7) is 2.47. The molecule has 1 aromatic carbocycles. The third-order valence-electron chi connectivity index (χ3n) is 2.48. The molecule has 1 aliphatic heterocycles. The van der Waals surface area contributed by atoms with E-state index in [1.54, 1.807) is 30.0 Å². The number of nitrogens with zero attached hydrogens (tertiary/aromatic N) is 1. The molecule has 1 atom stereocenters. The van der Waals surface area contributed by atoms with Gasteiger partial charge in [-0.2, -0.15) is 4.31 Å². The van der Waals surface area contributed by atoms with E-state index < -0.39 is 10.0 Å². The molecule has 0 aromatic heterocycles. The molecule has 16 heavy (non-hydrogen) atoms. The van der Waals surface area contributed by atoms with Crippen molar-refractivity contribution in [2.75, 3.05) is 12.3 Å². The lowest BCUT2D eigenvalue weighted by molar-refractivity contribution is 0.442. The second kappa shape index (κ2) is 4.56. The molecular weight excluding hydrogens is 266 g/mol. The highest BCUT2D eigenvalue weighted by Crippen LogP contribution is 2.30. The summed E-state index contributed by atoms with van der Waals surface area (Å²) in [5.74, 6) is 0.848. The van der Waals surface area contributed by atoms with E-state index in [1.165, 1.54) is 10.4 Å². The standard InChI is InChI=1S/C10H12ClNO2S2/c1-8-12(5-6-15-8)16(13,14)10-4-2-3-9(11)7-10/h2-4,7-8H,5-6H2,1H3. The van der Waals surface area contributed by atoms with Crippen molar-refractivity contribution in [1.29, 1.82) is 0 Å². The Morgan fingerprint density at radius 2 is 2.25 bits per heavy atom. The van der Waals surface area contributed by atoms with Crippen molar-refractivity contribution in [2.24, 2.45) is 0 Å².